The van der Waals surface area contributed by atoms with Gasteiger partial charge < -0.3 is 38.6 Å². The molecule has 0 aromatic heterocycles. The molecule has 0 radical (unpaired) electrons. The molecule has 2 unspecified atom stereocenters. The van der Waals surface area contributed by atoms with Crippen molar-refractivity contribution in [2.75, 3.05) is 27.8 Å². The van der Waals surface area contributed by atoms with Crippen molar-refractivity contribution in [3.05, 3.63) is 70.2 Å². The molecule has 5 rings (SSSR count). The number of aliphatic hydroxyl groups excluding tert-OH is 2. The summed E-state index contributed by atoms with van der Waals surface area (Å²) in [4.78, 5) is 51.9. The summed E-state index contributed by atoms with van der Waals surface area (Å²) in [7, 11) is 2.30. The number of fused-ring (bicyclic) bond motifs is 2. The van der Waals surface area contributed by atoms with Crippen LogP contribution in [0.15, 0.2) is 59.1 Å². The van der Waals surface area contributed by atoms with Gasteiger partial charge in [-0.1, -0.05) is 12.1 Å². The van der Waals surface area contributed by atoms with Crippen molar-refractivity contribution < 1.29 is 57.8 Å². The zero-order chi connectivity index (χ0) is 28.6. The van der Waals surface area contributed by atoms with Gasteiger partial charge in [-0.2, -0.15) is 0 Å². The summed E-state index contributed by atoms with van der Waals surface area (Å²) in [6, 6.07) is 9.22. The minimum atomic E-state index is -1.19. The first-order valence-electron chi connectivity index (χ1n) is 12.1. The number of hydrogen-bond acceptors (Lipinski definition) is 12. The third-order valence-electron chi connectivity index (χ3n) is 6.92. The highest BCUT2D eigenvalue weighted by Crippen LogP contribution is 2.44. The first-order valence-corrected chi connectivity index (χ1v) is 12.1. The third kappa shape index (κ3) is 4.68. The van der Waals surface area contributed by atoms with E-state index >= 15 is 0 Å². The Labute approximate surface area is 227 Å². The number of methoxy groups -OCH3 is 2. The number of allylic oxidation sites excluding steroid dienone is 2. The quantitative estimate of drug-likeness (QED) is 0.364. The minimum Gasteiger partial charge on any atom is -0.504 e. The first-order chi connectivity index (χ1) is 19.2. The van der Waals surface area contributed by atoms with Crippen LogP contribution in [0.5, 0.6) is 23.0 Å². The number of aliphatic hydroxyl groups is 2. The lowest BCUT2D eigenvalue weighted by Crippen LogP contribution is -2.31. The number of carbonyl (C=O) groups is 4. The smallest absolute Gasteiger partial charge is 0.306 e. The number of carbonyl (C=O) groups excluding carboxylic acids is 4. The average molecular weight is 552 g/mol. The molecule has 0 bridgehead atoms. The summed E-state index contributed by atoms with van der Waals surface area (Å²) >= 11 is 0. The lowest BCUT2D eigenvalue weighted by atomic mass is 9.76. The average Bonchev–Trinajstić information content (AvgIpc) is 3.63. The molecular formula is C28H24O12. The van der Waals surface area contributed by atoms with Gasteiger partial charge in [-0.3, -0.25) is 19.2 Å². The summed E-state index contributed by atoms with van der Waals surface area (Å²) < 4.78 is 31.0. The number of Topliss-reactive ketones (excluding diaryl/α,β-unsaturated/α-hetero) is 2. The van der Waals surface area contributed by atoms with Gasteiger partial charge in [0, 0.05) is 11.8 Å². The fourth-order valence-corrected chi connectivity index (χ4v) is 4.89. The number of ether oxygens (including phenoxy) is 6. The molecule has 0 amide bonds. The molecule has 1 aliphatic carbocycles. The number of hydrogen-bond donors (Lipinski definition) is 2. The van der Waals surface area contributed by atoms with E-state index in [-0.39, 0.29) is 13.6 Å². The molecule has 0 saturated heterocycles. The molecule has 2 atom stereocenters. The standard InChI is InChI=1S/C28H24O12/c1-35-21(29)9-15(13-3-5-17-19(7-13)39-11-37-17)23-25(31)27(33)24(28(34)26(23)32)16(10-22(30)36-2)14-4-6-18-20(8-14)40-12-38-18/h3-8,15-16,31,34H,9-12H2,1-2H3. The van der Waals surface area contributed by atoms with E-state index in [4.69, 9.17) is 28.4 Å². The van der Waals surface area contributed by atoms with Crippen LogP contribution in [-0.4, -0.2) is 61.5 Å². The second-order valence-electron chi connectivity index (χ2n) is 9.07. The van der Waals surface area contributed by atoms with Crippen LogP contribution in [0.4, 0.5) is 0 Å². The normalized spacial score (nSPS) is 17.1. The predicted octanol–water partition coefficient (Wildman–Crippen LogP) is 2.91. The second-order valence-corrected chi connectivity index (χ2v) is 9.07. The molecule has 12 nitrogen and oxygen atoms in total. The van der Waals surface area contributed by atoms with Gasteiger partial charge in [0.1, 0.15) is 0 Å². The highest BCUT2D eigenvalue weighted by atomic mass is 16.7. The molecular weight excluding hydrogens is 528 g/mol. The number of esters is 2. The van der Waals surface area contributed by atoms with Gasteiger partial charge in [0.2, 0.25) is 25.2 Å². The van der Waals surface area contributed by atoms with E-state index < -0.39 is 70.8 Å². The van der Waals surface area contributed by atoms with E-state index in [2.05, 4.69) is 0 Å². The van der Waals surface area contributed by atoms with E-state index in [0.29, 0.717) is 34.1 Å². The van der Waals surface area contributed by atoms with Gasteiger partial charge in [0.05, 0.1) is 38.2 Å². The molecule has 40 heavy (non-hydrogen) atoms. The van der Waals surface area contributed by atoms with Gasteiger partial charge in [-0.15, -0.1) is 0 Å². The largest absolute Gasteiger partial charge is 0.504 e. The number of benzene rings is 2. The lowest BCUT2D eigenvalue weighted by molar-refractivity contribution is -0.142. The summed E-state index contributed by atoms with van der Waals surface area (Å²) in [5, 5.41) is 22.3. The van der Waals surface area contributed by atoms with Crippen molar-refractivity contribution in [1.82, 2.24) is 0 Å². The fraction of sp³-hybridized carbons (Fsp3) is 0.286. The fourth-order valence-electron chi connectivity index (χ4n) is 4.89. The van der Waals surface area contributed by atoms with Crippen molar-refractivity contribution in [2.45, 2.75) is 24.7 Å². The topological polar surface area (TPSA) is 164 Å². The Morgan fingerprint density at radius 2 is 1.07 bits per heavy atom. The van der Waals surface area contributed by atoms with Crippen molar-refractivity contribution >= 4 is 23.5 Å². The third-order valence-corrected chi connectivity index (χ3v) is 6.92. The van der Waals surface area contributed by atoms with Crippen LogP contribution in [0.1, 0.15) is 35.8 Å². The van der Waals surface area contributed by atoms with Gasteiger partial charge in [0.15, 0.2) is 34.5 Å². The van der Waals surface area contributed by atoms with Crippen molar-refractivity contribution in [1.29, 1.82) is 0 Å². The molecule has 3 aliphatic rings. The van der Waals surface area contributed by atoms with E-state index in [1.807, 2.05) is 0 Å². The van der Waals surface area contributed by atoms with Crippen molar-refractivity contribution in [3.63, 3.8) is 0 Å². The Morgan fingerprint density at radius 3 is 1.45 bits per heavy atom. The van der Waals surface area contributed by atoms with Crippen molar-refractivity contribution in [2.24, 2.45) is 0 Å². The molecule has 0 spiro atoms. The van der Waals surface area contributed by atoms with E-state index in [0.717, 1.165) is 14.2 Å². The number of ketones is 2. The van der Waals surface area contributed by atoms with Crippen LogP contribution in [0.2, 0.25) is 0 Å². The molecule has 12 heteroatoms. The molecule has 208 valence electrons. The van der Waals surface area contributed by atoms with E-state index in [1.165, 1.54) is 12.1 Å². The Balaban J connectivity index is 1.59. The van der Waals surface area contributed by atoms with Gasteiger partial charge in [-0.25, -0.2) is 0 Å². The molecule has 2 aromatic carbocycles. The maximum Gasteiger partial charge on any atom is 0.306 e. The van der Waals surface area contributed by atoms with Crippen molar-refractivity contribution in [3.8, 4) is 23.0 Å². The van der Waals surface area contributed by atoms with Crippen LogP contribution < -0.4 is 18.9 Å². The summed E-state index contributed by atoms with van der Waals surface area (Å²) in [5.41, 5.74) is -0.345. The molecule has 2 N–H and O–H groups in total. The maximum absolute atomic E-state index is 13.6. The van der Waals surface area contributed by atoms with Crippen LogP contribution in [-0.2, 0) is 28.7 Å². The SMILES string of the molecule is COC(=O)CC(C1=C(O)C(=O)C(C(CC(=O)OC)c2ccc3c(c2)OCO3)=C(O)C1=O)c1ccc2c(c1)OCO2. The molecule has 2 heterocycles. The predicted molar refractivity (Wildman–Crippen MR) is 133 cm³/mol. The zero-order valence-electron chi connectivity index (χ0n) is 21.4. The maximum atomic E-state index is 13.6. The summed E-state index contributed by atoms with van der Waals surface area (Å²) in [5.74, 6) is -6.43. The van der Waals surface area contributed by atoms with Crippen LogP contribution in [0.3, 0.4) is 0 Å². The van der Waals surface area contributed by atoms with Gasteiger partial charge >= 0.3 is 11.9 Å². The minimum absolute atomic E-state index is 0.0276. The van der Waals surface area contributed by atoms with Gasteiger partial charge in [0.25, 0.3) is 0 Å². The Kier molecular flexibility index (Phi) is 7.07. The Hall–Kier alpha value is -5.00. The van der Waals surface area contributed by atoms with E-state index in [1.54, 1.807) is 24.3 Å². The Morgan fingerprint density at radius 1 is 0.700 bits per heavy atom. The van der Waals surface area contributed by atoms with E-state index in [9.17, 15) is 29.4 Å². The second kappa shape index (κ2) is 10.6. The molecule has 2 aromatic rings. The highest BCUT2D eigenvalue weighted by molar-refractivity contribution is 6.24. The van der Waals surface area contributed by atoms with Crippen LogP contribution in [0.25, 0.3) is 0 Å². The summed E-state index contributed by atoms with van der Waals surface area (Å²) in [6.07, 6.45) is -0.879. The molecule has 0 fully saturated rings. The first kappa shape index (κ1) is 26.6. The molecule has 2 aliphatic heterocycles. The zero-order valence-corrected chi connectivity index (χ0v) is 21.4. The monoisotopic (exact) mass is 552 g/mol. The summed E-state index contributed by atoms with van der Waals surface area (Å²) in [6.45, 7) is -0.0553. The highest BCUT2D eigenvalue weighted by Gasteiger charge is 2.43. The van der Waals surface area contributed by atoms with Crippen LogP contribution >= 0.6 is 0 Å². The van der Waals surface area contributed by atoms with Gasteiger partial charge in [-0.05, 0) is 35.4 Å². The van der Waals surface area contributed by atoms with Crippen LogP contribution in [0, 0.1) is 0 Å². The number of rotatable bonds is 8. The molecule has 0 saturated carbocycles. The Bertz CT molecular complexity index is 1370. The lowest BCUT2D eigenvalue weighted by Gasteiger charge is -2.27.